The van der Waals surface area contributed by atoms with Crippen molar-refractivity contribution >= 4 is 40.3 Å². The van der Waals surface area contributed by atoms with Gasteiger partial charge in [-0.3, -0.25) is 5.43 Å². The van der Waals surface area contributed by atoms with E-state index >= 15 is 0 Å². The number of hydrazone groups is 1. The van der Waals surface area contributed by atoms with E-state index in [1.54, 1.807) is 36.5 Å². The van der Waals surface area contributed by atoms with Crippen LogP contribution in [0.1, 0.15) is 15.9 Å². The molecule has 0 aliphatic rings. The van der Waals surface area contributed by atoms with Crippen LogP contribution in [-0.4, -0.2) is 17.3 Å². The van der Waals surface area contributed by atoms with Crippen LogP contribution in [0.2, 0.25) is 0 Å². The maximum atomic E-state index is 12.5. The van der Waals surface area contributed by atoms with Crippen LogP contribution in [0.5, 0.6) is 5.75 Å². The van der Waals surface area contributed by atoms with Gasteiger partial charge in [0.2, 0.25) is 0 Å². The molecule has 0 bridgehead atoms. The normalized spacial score (nSPS) is 10.7. The number of benzene rings is 3. The van der Waals surface area contributed by atoms with Gasteiger partial charge in [0.25, 0.3) is 0 Å². The molecule has 0 amide bonds. The Morgan fingerprint density at radius 2 is 1.76 bits per heavy atom. The van der Waals surface area contributed by atoms with Gasteiger partial charge in [-0.1, -0.05) is 36.4 Å². The van der Waals surface area contributed by atoms with Crippen molar-refractivity contribution in [1.82, 2.24) is 5.43 Å². The zero-order chi connectivity index (χ0) is 17.6. The van der Waals surface area contributed by atoms with Gasteiger partial charge in [-0.15, -0.1) is 0 Å². The van der Waals surface area contributed by atoms with Crippen molar-refractivity contribution in [2.45, 2.75) is 0 Å². The average Bonchev–Trinajstić information content (AvgIpc) is 2.62. The summed E-state index contributed by atoms with van der Waals surface area (Å²) in [5.41, 5.74) is 9.10. The minimum atomic E-state index is -0.395. The molecule has 0 aromatic heterocycles. The molecule has 0 heterocycles. The van der Waals surface area contributed by atoms with Gasteiger partial charge < -0.3 is 10.5 Å². The molecule has 3 rings (SSSR count). The van der Waals surface area contributed by atoms with Crippen LogP contribution in [0, 0.1) is 0 Å². The third-order valence-corrected chi connectivity index (χ3v) is 3.58. The van der Waals surface area contributed by atoms with Crippen molar-refractivity contribution in [1.29, 1.82) is 0 Å². The van der Waals surface area contributed by atoms with Gasteiger partial charge in [0, 0.05) is 0 Å². The highest BCUT2D eigenvalue weighted by Gasteiger charge is 2.12. The van der Waals surface area contributed by atoms with Gasteiger partial charge in [-0.25, -0.2) is 4.79 Å². The number of hydrogen-bond acceptors (Lipinski definition) is 4. The highest BCUT2D eigenvalue weighted by Crippen LogP contribution is 2.21. The summed E-state index contributed by atoms with van der Waals surface area (Å²) >= 11 is 4.65. The lowest BCUT2D eigenvalue weighted by atomic mass is 10.0. The monoisotopic (exact) mass is 349 g/mol. The molecule has 3 aromatic carbocycles. The summed E-state index contributed by atoms with van der Waals surface area (Å²) in [7, 11) is 0. The van der Waals surface area contributed by atoms with Crippen LogP contribution in [0.25, 0.3) is 10.8 Å². The molecule has 124 valence electrons. The number of rotatable bonds is 4. The molecule has 0 atom stereocenters. The second kappa shape index (κ2) is 7.55. The van der Waals surface area contributed by atoms with Gasteiger partial charge in [0.15, 0.2) is 5.11 Å². The fourth-order valence-corrected chi connectivity index (χ4v) is 2.41. The summed E-state index contributed by atoms with van der Waals surface area (Å²) in [4.78, 5) is 12.5. The molecule has 0 spiro atoms. The van der Waals surface area contributed by atoms with E-state index in [0.717, 1.165) is 16.3 Å². The van der Waals surface area contributed by atoms with Crippen LogP contribution < -0.4 is 15.9 Å². The Balaban J connectivity index is 1.74. The molecule has 0 aliphatic carbocycles. The molecule has 0 fully saturated rings. The average molecular weight is 349 g/mol. The predicted molar refractivity (Wildman–Crippen MR) is 103 cm³/mol. The van der Waals surface area contributed by atoms with E-state index in [-0.39, 0.29) is 5.11 Å². The molecule has 3 N–H and O–H groups in total. The summed E-state index contributed by atoms with van der Waals surface area (Å²) in [6.07, 6.45) is 1.56. The van der Waals surface area contributed by atoms with Gasteiger partial charge in [-0.05, 0) is 58.9 Å². The standard InChI is InChI=1S/C19H15N3O2S/c20-19(25)22-21-12-13-8-10-15(11-9-13)24-18(23)17-7-3-5-14-4-1-2-6-16(14)17/h1-12H,(H3,20,22,25). The summed E-state index contributed by atoms with van der Waals surface area (Å²) in [5.74, 6) is 0.0609. The quantitative estimate of drug-likeness (QED) is 0.249. The third-order valence-electron chi connectivity index (χ3n) is 3.49. The Kier molecular flexibility index (Phi) is 5.01. The Morgan fingerprint density at radius 1 is 1.04 bits per heavy atom. The SMILES string of the molecule is NC(=S)NN=Cc1ccc(OC(=O)c2cccc3ccccc23)cc1. The number of fused-ring (bicyclic) bond motifs is 1. The second-order valence-corrected chi connectivity index (χ2v) is 5.66. The number of nitrogens with one attached hydrogen (secondary N) is 1. The summed E-state index contributed by atoms with van der Waals surface area (Å²) in [5, 5.41) is 5.82. The van der Waals surface area contributed by atoms with Gasteiger partial charge in [0.1, 0.15) is 5.75 Å². The van der Waals surface area contributed by atoms with E-state index < -0.39 is 5.97 Å². The van der Waals surface area contributed by atoms with E-state index in [4.69, 9.17) is 10.5 Å². The Bertz CT molecular complexity index is 947. The van der Waals surface area contributed by atoms with E-state index in [9.17, 15) is 4.79 Å². The molecular formula is C19H15N3O2S. The topological polar surface area (TPSA) is 76.7 Å². The molecule has 5 nitrogen and oxygen atoms in total. The maximum Gasteiger partial charge on any atom is 0.344 e. The fraction of sp³-hybridized carbons (Fsp3) is 0. The molecule has 6 heteroatoms. The Morgan fingerprint density at radius 3 is 2.52 bits per heavy atom. The van der Waals surface area contributed by atoms with Crippen molar-refractivity contribution in [3.05, 3.63) is 77.9 Å². The first-order chi connectivity index (χ1) is 12.1. The minimum absolute atomic E-state index is 0.0943. The zero-order valence-electron chi connectivity index (χ0n) is 13.2. The molecule has 0 radical (unpaired) electrons. The van der Waals surface area contributed by atoms with E-state index in [1.807, 2.05) is 36.4 Å². The van der Waals surface area contributed by atoms with Crippen LogP contribution in [0.4, 0.5) is 0 Å². The number of thiocarbonyl (C=S) groups is 1. The lowest BCUT2D eigenvalue weighted by molar-refractivity contribution is 0.0737. The number of nitrogens with zero attached hydrogens (tertiary/aromatic N) is 1. The van der Waals surface area contributed by atoms with Gasteiger partial charge >= 0.3 is 5.97 Å². The highest BCUT2D eigenvalue weighted by atomic mass is 32.1. The van der Waals surface area contributed by atoms with Crippen molar-refractivity contribution in [3.8, 4) is 5.75 Å². The number of carbonyl (C=O) groups is 1. The number of ether oxygens (including phenoxy) is 1. The molecule has 0 saturated heterocycles. The minimum Gasteiger partial charge on any atom is -0.423 e. The first kappa shape index (κ1) is 16.6. The molecular weight excluding hydrogens is 334 g/mol. The van der Waals surface area contributed by atoms with Crippen LogP contribution in [0.3, 0.4) is 0 Å². The predicted octanol–water partition coefficient (Wildman–Crippen LogP) is 3.23. The van der Waals surface area contributed by atoms with Gasteiger partial charge in [0.05, 0.1) is 11.8 Å². The smallest absolute Gasteiger partial charge is 0.344 e. The first-order valence-electron chi connectivity index (χ1n) is 7.52. The second-order valence-electron chi connectivity index (χ2n) is 5.22. The maximum absolute atomic E-state index is 12.5. The Hall–Kier alpha value is -3.25. The molecule has 25 heavy (non-hydrogen) atoms. The summed E-state index contributed by atoms with van der Waals surface area (Å²) in [6, 6.07) is 20.2. The van der Waals surface area contributed by atoms with Crippen LogP contribution in [0.15, 0.2) is 71.8 Å². The van der Waals surface area contributed by atoms with E-state index in [0.29, 0.717) is 11.3 Å². The van der Waals surface area contributed by atoms with Crippen LogP contribution >= 0.6 is 12.2 Å². The molecule has 0 aliphatic heterocycles. The number of hydrogen-bond donors (Lipinski definition) is 2. The highest BCUT2D eigenvalue weighted by molar-refractivity contribution is 7.80. The number of carbonyl (C=O) groups excluding carboxylic acids is 1. The lowest BCUT2D eigenvalue weighted by Gasteiger charge is -2.07. The van der Waals surface area contributed by atoms with Crippen molar-refractivity contribution in [2.24, 2.45) is 10.8 Å². The largest absolute Gasteiger partial charge is 0.423 e. The summed E-state index contributed by atoms with van der Waals surface area (Å²) < 4.78 is 5.47. The summed E-state index contributed by atoms with van der Waals surface area (Å²) in [6.45, 7) is 0. The van der Waals surface area contributed by atoms with Crippen molar-refractivity contribution < 1.29 is 9.53 Å². The first-order valence-corrected chi connectivity index (χ1v) is 7.93. The fourth-order valence-electron chi connectivity index (χ4n) is 2.36. The zero-order valence-corrected chi connectivity index (χ0v) is 14.0. The lowest BCUT2D eigenvalue weighted by Crippen LogP contribution is -2.23. The molecule has 3 aromatic rings. The van der Waals surface area contributed by atoms with Crippen molar-refractivity contribution in [2.75, 3.05) is 0 Å². The number of esters is 1. The van der Waals surface area contributed by atoms with Crippen LogP contribution in [-0.2, 0) is 0 Å². The van der Waals surface area contributed by atoms with Gasteiger partial charge in [-0.2, -0.15) is 5.10 Å². The molecule has 0 saturated carbocycles. The Labute approximate surface area is 150 Å². The number of nitrogens with two attached hydrogens (primary N) is 1. The van der Waals surface area contributed by atoms with E-state index in [1.165, 1.54) is 0 Å². The molecule has 0 unspecified atom stereocenters. The van der Waals surface area contributed by atoms with E-state index in [2.05, 4.69) is 22.7 Å². The third kappa shape index (κ3) is 4.19. The van der Waals surface area contributed by atoms with Crippen molar-refractivity contribution in [3.63, 3.8) is 0 Å².